The minimum Gasteiger partial charge on any atom is -0.356 e. The highest BCUT2D eigenvalue weighted by Gasteiger charge is 2.16. The van der Waals surface area contributed by atoms with Gasteiger partial charge in [-0.2, -0.15) is 11.8 Å². The van der Waals surface area contributed by atoms with Crippen molar-refractivity contribution in [1.82, 2.24) is 15.6 Å². The third-order valence-electron chi connectivity index (χ3n) is 3.28. The van der Waals surface area contributed by atoms with Crippen molar-refractivity contribution in [1.29, 1.82) is 0 Å². The predicted octanol–water partition coefficient (Wildman–Crippen LogP) is 2.03. The molecule has 0 aromatic carbocycles. The number of hydrogen-bond donors (Lipinski definition) is 3. The maximum Gasteiger partial charge on any atom is 0.227 e. The summed E-state index contributed by atoms with van der Waals surface area (Å²) < 4.78 is 0.131. The minimum atomic E-state index is -0.0752. The molecule has 23 heavy (non-hydrogen) atoms. The summed E-state index contributed by atoms with van der Waals surface area (Å²) in [4.78, 5) is 20.2. The first-order chi connectivity index (χ1) is 10.9. The van der Waals surface area contributed by atoms with Crippen LogP contribution in [-0.2, 0) is 4.79 Å². The Bertz CT molecular complexity index is 528. The Balaban J connectivity index is 2.31. The van der Waals surface area contributed by atoms with Crippen LogP contribution in [0.5, 0.6) is 0 Å². The van der Waals surface area contributed by atoms with E-state index in [0.29, 0.717) is 24.7 Å². The molecule has 6 nitrogen and oxygen atoms in total. The maximum absolute atomic E-state index is 11.9. The summed E-state index contributed by atoms with van der Waals surface area (Å²) in [6, 6.07) is 3.71. The summed E-state index contributed by atoms with van der Waals surface area (Å²) in [5.74, 6) is 1.20. The van der Waals surface area contributed by atoms with Crippen molar-refractivity contribution in [2.75, 3.05) is 31.7 Å². The second-order valence-corrected chi connectivity index (χ2v) is 7.35. The normalized spacial score (nSPS) is 12.0. The van der Waals surface area contributed by atoms with Crippen molar-refractivity contribution >= 4 is 29.4 Å². The summed E-state index contributed by atoms with van der Waals surface area (Å²) in [6.07, 6.45) is 4.16. The first-order valence-electron chi connectivity index (χ1n) is 7.58. The van der Waals surface area contributed by atoms with Crippen molar-refractivity contribution in [2.45, 2.75) is 31.9 Å². The molecular weight excluding hydrogens is 310 g/mol. The fourth-order valence-corrected chi connectivity index (χ4v) is 1.85. The van der Waals surface area contributed by atoms with Crippen molar-refractivity contribution in [2.24, 2.45) is 4.99 Å². The molecular formula is C16H27N5OS. The summed E-state index contributed by atoms with van der Waals surface area (Å²) in [5.41, 5.74) is 1.06. The minimum absolute atomic E-state index is 0.0752. The largest absolute Gasteiger partial charge is 0.356 e. The van der Waals surface area contributed by atoms with Crippen LogP contribution in [0.4, 0.5) is 5.82 Å². The maximum atomic E-state index is 11.9. The number of aliphatic imine (C=N–C) groups is 1. The first kappa shape index (κ1) is 19.3. The van der Waals surface area contributed by atoms with Gasteiger partial charge in [0.25, 0.3) is 0 Å². The van der Waals surface area contributed by atoms with E-state index < -0.39 is 0 Å². The highest BCUT2D eigenvalue weighted by Crippen LogP contribution is 2.19. The molecule has 0 aliphatic heterocycles. The number of carbonyl (C=O) groups excluding carboxylic acids is 1. The third-order valence-corrected chi connectivity index (χ3v) is 4.53. The summed E-state index contributed by atoms with van der Waals surface area (Å²) in [6.45, 7) is 7.60. The van der Waals surface area contributed by atoms with Crippen LogP contribution in [-0.4, -0.2) is 48.0 Å². The number of nitrogens with zero attached hydrogens (tertiary/aromatic N) is 2. The first-order valence-corrected chi connectivity index (χ1v) is 8.81. The molecule has 0 aliphatic rings. The number of aromatic nitrogens is 1. The number of thioether (sulfide) groups is 1. The molecule has 0 fully saturated rings. The van der Waals surface area contributed by atoms with Gasteiger partial charge in [0.1, 0.15) is 5.82 Å². The quantitative estimate of drug-likeness (QED) is 0.524. The molecule has 7 heteroatoms. The Morgan fingerprint density at radius 3 is 2.65 bits per heavy atom. The van der Waals surface area contributed by atoms with Crippen LogP contribution in [0.1, 0.15) is 25.8 Å². The molecule has 0 spiro atoms. The molecule has 3 N–H and O–H groups in total. The zero-order valence-electron chi connectivity index (χ0n) is 14.6. The molecule has 0 bridgehead atoms. The lowest BCUT2D eigenvalue weighted by molar-refractivity contribution is -0.116. The predicted molar refractivity (Wildman–Crippen MR) is 99.2 cm³/mol. The lowest BCUT2D eigenvalue weighted by Crippen LogP contribution is -2.44. The van der Waals surface area contributed by atoms with Gasteiger partial charge in [-0.3, -0.25) is 9.79 Å². The van der Waals surface area contributed by atoms with Crippen LogP contribution in [0.25, 0.3) is 0 Å². The van der Waals surface area contributed by atoms with E-state index in [1.807, 2.05) is 13.0 Å². The summed E-state index contributed by atoms with van der Waals surface area (Å²) >= 11 is 1.79. The SMILES string of the molecule is CN=C(NCCC(=O)Nc1ccc(C)cn1)NCC(C)(C)SC. The molecule has 0 unspecified atom stereocenters. The molecule has 0 saturated heterocycles. The van der Waals surface area contributed by atoms with Gasteiger partial charge in [-0.15, -0.1) is 0 Å². The van der Waals surface area contributed by atoms with Crippen molar-refractivity contribution in [3.8, 4) is 0 Å². The smallest absolute Gasteiger partial charge is 0.227 e. The molecule has 0 saturated carbocycles. The fourth-order valence-electron chi connectivity index (χ4n) is 1.63. The average molecular weight is 337 g/mol. The Kier molecular flexibility index (Phi) is 7.88. The lowest BCUT2D eigenvalue weighted by atomic mass is 10.2. The van der Waals surface area contributed by atoms with Gasteiger partial charge >= 0.3 is 0 Å². The number of rotatable bonds is 7. The highest BCUT2D eigenvalue weighted by atomic mass is 32.2. The Morgan fingerprint density at radius 1 is 1.35 bits per heavy atom. The van der Waals surface area contributed by atoms with Gasteiger partial charge < -0.3 is 16.0 Å². The number of anilines is 1. The summed E-state index contributed by atoms with van der Waals surface area (Å²) in [7, 11) is 1.72. The van der Waals surface area contributed by atoms with Crippen molar-refractivity contribution in [3.05, 3.63) is 23.9 Å². The standard InChI is InChI=1S/C16H27N5OS/c1-12-6-7-13(19-10-12)21-14(22)8-9-18-15(17-4)20-11-16(2,3)23-5/h6-7,10H,8-9,11H2,1-5H3,(H2,17,18,20)(H,19,21,22). The second kappa shape index (κ2) is 9.39. The molecule has 1 rings (SSSR count). The monoisotopic (exact) mass is 337 g/mol. The molecule has 1 heterocycles. The molecule has 1 amide bonds. The van der Waals surface area contributed by atoms with Crippen LogP contribution in [0.15, 0.2) is 23.3 Å². The Morgan fingerprint density at radius 2 is 2.09 bits per heavy atom. The van der Waals surface area contributed by atoms with E-state index in [-0.39, 0.29) is 10.7 Å². The van der Waals surface area contributed by atoms with Crippen LogP contribution >= 0.6 is 11.8 Å². The number of carbonyl (C=O) groups is 1. The zero-order valence-corrected chi connectivity index (χ0v) is 15.4. The van der Waals surface area contributed by atoms with Gasteiger partial charge in [-0.05, 0) is 38.7 Å². The third kappa shape index (κ3) is 7.88. The average Bonchev–Trinajstić information content (AvgIpc) is 2.53. The Labute approximate surface area is 142 Å². The number of pyridine rings is 1. The van der Waals surface area contributed by atoms with Crippen LogP contribution in [0.3, 0.4) is 0 Å². The second-order valence-electron chi connectivity index (χ2n) is 5.84. The van der Waals surface area contributed by atoms with E-state index >= 15 is 0 Å². The zero-order chi connectivity index (χ0) is 17.3. The number of hydrogen-bond acceptors (Lipinski definition) is 4. The lowest BCUT2D eigenvalue weighted by Gasteiger charge is -2.23. The number of amides is 1. The van der Waals surface area contributed by atoms with E-state index in [2.05, 4.69) is 46.0 Å². The van der Waals surface area contributed by atoms with Gasteiger partial charge in [0.15, 0.2) is 5.96 Å². The number of aryl methyl sites for hydroxylation is 1. The Hall–Kier alpha value is -1.76. The molecule has 0 atom stereocenters. The topological polar surface area (TPSA) is 78.4 Å². The van der Waals surface area contributed by atoms with Crippen LogP contribution < -0.4 is 16.0 Å². The molecule has 128 valence electrons. The van der Waals surface area contributed by atoms with Crippen molar-refractivity contribution < 1.29 is 4.79 Å². The van der Waals surface area contributed by atoms with Gasteiger partial charge in [0.2, 0.25) is 5.91 Å². The van der Waals surface area contributed by atoms with Crippen LogP contribution in [0.2, 0.25) is 0 Å². The molecule has 0 radical (unpaired) electrons. The van der Waals surface area contributed by atoms with E-state index in [9.17, 15) is 4.79 Å². The molecule has 1 aromatic rings. The van der Waals surface area contributed by atoms with Gasteiger partial charge in [0, 0.05) is 37.5 Å². The highest BCUT2D eigenvalue weighted by molar-refractivity contribution is 7.99. The number of nitrogens with one attached hydrogen (secondary N) is 3. The van der Waals surface area contributed by atoms with E-state index in [4.69, 9.17) is 0 Å². The summed E-state index contributed by atoms with van der Waals surface area (Å²) in [5, 5.41) is 9.18. The molecule has 1 aromatic heterocycles. The number of guanidine groups is 1. The van der Waals surface area contributed by atoms with Gasteiger partial charge in [-0.25, -0.2) is 4.98 Å². The molecule has 0 aliphatic carbocycles. The van der Waals surface area contributed by atoms with E-state index in [0.717, 1.165) is 12.1 Å². The van der Waals surface area contributed by atoms with Crippen LogP contribution in [0, 0.1) is 6.92 Å². The van der Waals surface area contributed by atoms with E-state index in [1.54, 1.807) is 31.1 Å². The fraction of sp³-hybridized carbons (Fsp3) is 0.562. The van der Waals surface area contributed by atoms with E-state index in [1.165, 1.54) is 0 Å². The van der Waals surface area contributed by atoms with Gasteiger partial charge in [-0.1, -0.05) is 6.07 Å². The van der Waals surface area contributed by atoms with Crippen molar-refractivity contribution in [3.63, 3.8) is 0 Å². The van der Waals surface area contributed by atoms with Gasteiger partial charge in [0.05, 0.1) is 0 Å².